The minimum absolute atomic E-state index is 0.0367. The number of hydrogen-bond donors (Lipinski definition) is 6. The molecule has 20 heavy (non-hydrogen) atoms. The molecule has 1 aromatic rings. The van der Waals surface area contributed by atoms with Crippen LogP contribution in [0.2, 0.25) is 0 Å². The molecule has 0 aromatic heterocycles. The van der Waals surface area contributed by atoms with E-state index in [2.05, 4.69) is 0 Å². The highest BCUT2D eigenvalue weighted by atomic mass is 16.4. The molecule has 0 bridgehead atoms. The first-order valence-electron chi connectivity index (χ1n) is 5.81. The number of hydrogen-bond acceptors (Lipinski definition) is 7. The molecule has 0 spiro atoms. The number of benzene rings is 1. The van der Waals surface area contributed by atoms with Crippen LogP contribution in [-0.2, 0) is 4.79 Å². The Balaban J connectivity index is 2.82. The van der Waals surface area contributed by atoms with Gasteiger partial charge in [0.1, 0.15) is 36.1 Å². The van der Waals surface area contributed by atoms with Gasteiger partial charge in [-0.25, -0.2) is 0 Å². The highest BCUT2D eigenvalue weighted by Crippen LogP contribution is 2.15. The molecule has 7 heteroatoms. The van der Waals surface area contributed by atoms with E-state index in [1.165, 1.54) is 24.3 Å². The molecule has 0 aliphatic carbocycles. The van der Waals surface area contributed by atoms with Gasteiger partial charge < -0.3 is 36.1 Å². The van der Waals surface area contributed by atoms with Crippen molar-refractivity contribution in [2.45, 2.75) is 24.4 Å². The Bertz CT molecular complexity index is 472. The molecule has 0 amide bonds. The average molecular weight is 283 g/mol. The van der Waals surface area contributed by atoms with Crippen LogP contribution in [-0.4, -0.2) is 56.2 Å². The van der Waals surface area contributed by atoms with E-state index in [4.69, 9.17) is 10.8 Å². The molecule has 7 nitrogen and oxygen atoms in total. The predicted octanol–water partition coefficient (Wildman–Crippen LogP) is -1.10. The SMILES string of the molecule is N[C@@H](C=O)[C@@H](O)[C@H](O)C(O)/C(O)=C\c1ccc(O)cc1. The molecule has 1 aromatic carbocycles. The quantitative estimate of drug-likeness (QED) is 0.287. The minimum atomic E-state index is -1.82. The van der Waals surface area contributed by atoms with E-state index in [-0.39, 0.29) is 12.0 Å². The average Bonchev–Trinajstić information content (AvgIpc) is 2.46. The highest BCUT2D eigenvalue weighted by molar-refractivity contribution is 5.58. The van der Waals surface area contributed by atoms with Gasteiger partial charge in [0.2, 0.25) is 0 Å². The molecule has 0 aliphatic rings. The first-order chi connectivity index (χ1) is 9.36. The van der Waals surface area contributed by atoms with E-state index in [9.17, 15) is 25.2 Å². The third-order valence-corrected chi connectivity index (χ3v) is 2.74. The molecule has 1 unspecified atom stereocenters. The zero-order valence-electron chi connectivity index (χ0n) is 10.5. The molecule has 0 aliphatic heterocycles. The summed E-state index contributed by atoms with van der Waals surface area (Å²) in [5.74, 6) is -0.574. The Morgan fingerprint density at radius 1 is 1.10 bits per heavy atom. The van der Waals surface area contributed by atoms with Crippen molar-refractivity contribution in [1.82, 2.24) is 0 Å². The van der Waals surface area contributed by atoms with Gasteiger partial charge in [-0.1, -0.05) is 12.1 Å². The molecule has 0 radical (unpaired) electrons. The first kappa shape index (κ1) is 16.1. The summed E-state index contributed by atoms with van der Waals surface area (Å²) in [6.07, 6.45) is -3.96. The fourth-order valence-corrected chi connectivity index (χ4v) is 1.50. The van der Waals surface area contributed by atoms with Crippen molar-refractivity contribution in [1.29, 1.82) is 0 Å². The van der Waals surface area contributed by atoms with Gasteiger partial charge in [0.25, 0.3) is 0 Å². The van der Waals surface area contributed by atoms with Gasteiger partial charge in [-0.2, -0.15) is 0 Å². The zero-order chi connectivity index (χ0) is 15.3. The van der Waals surface area contributed by atoms with Crippen molar-refractivity contribution < 1.29 is 30.3 Å². The summed E-state index contributed by atoms with van der Waals surface area (Å²) in [7, 11) is 0. The molecule has 0 saturated carbocycles. The maximum Gasteiger partial charge on any atom is 0.139 e. The van der Waals surface area contributed by atoms with E-state index in [1.807, 2.05) is 0 Å². The van der Waals surface area contributed by atoms with Crippen LogP contribution < -0.4 is 5.73 Å². The highest BCUT2D eigenvalue weighted by Gasteiger charge is 2.31. The summed E-state index contributed by atoms with van der Waals surface area (Å²) in [5, 5.41) is 47.5. The fraction of sp³-hybridized carbons (Fsp3) is 0.308. The lowest BCUT2D eigenvalue weighted by Gasteiger charge is -2.24. The lowest BCUT2D eigenvalue weighted by Crippen LogP contribution is -2.49. The van der Waals surface area contributed by atoms with Gasteiger partial charge in [0.15, 0.2) is 0 Å². The third kappa shape index (κ3) is 4.04. The van der Waals surface area contributed by atoms with Crippen LogP contribution in [0.5, 0.6) is 5.75 Å². The van der Waals surface area contributed by atoms with Crippen LogP contribution in [0.3, 0.4) is 0 Å². The first-order valence-corrected chi connectivity index (χ1v) is 5.81. The van der Waals surface area contributed by atoms with Crippen LogP contribution in [0.15, 0.2) is 30.0 Å². The van der Waals surface area contributed by atoms with E-state index in [0.29, 0.717) is 5.56 Å². The van der Waals surface area contributed by atoms with Crippen molar-refractivity contribution in [3.05, 3.63) is 35.6 Å². The van der Waals surface area contributed by atoms with Crippen LogP contribution >= 0.6 is 0 Å². The van der Waals surface area contributed by atoms with E-state index >= 15 is 0 Å². The minimum Gasteiger partial charge on any atom is -0.509 e. The van der Waals surface area contributed by atoms with Gasteiger partial charge in [-0.15, -0.1) is 0 Å². The normalized spacial score (nSPS) is 18.1. The molecular formula is C13H17NO6. The molecule has 0 heterocycles. The third-order valence-electron chi connectivity index (χ3n) is 2.74. The van der Waals surface area contributed by atoms with Crippen LogP contribution in [0.4, 0.5) is 0 Å². The zero-order valence-corrected chi connectivity index (χ0v) is 10.5. The molecule has 0 saturated heterocycles. The van der Waals surface area contributed by atoms with Gasteiger partial charge in [-0.3, -0.25) is 0 Å². The Morgan fingerprint density at radius 2 is 1.65 bits per heavy atom. The fourth-order valence-electron chi connectivity index (χ4n) is 1.50. The lowest BCUT2D eigenvalue weighted by atomic mass is 10.0. The van der Waals surface area contributed by atoms with Crippen molar-refractivity contribution in [3.63, 3.8) is 0 Å². The van der Waals surface area contributed by atoms with Crippen molar-refractivity contribution in [2.75, 3.05) is 0 Å². The number of carbonyl (C=O) groups is 1. The second-order valence-electron chi connectivity index (χ2n) is 4.30. The van der Waals surface area contributed by atoms with Gasteiger partial charge >= 0.3 is 0 Å². The standard InChI is InChI=1S/C13H17NO6/c14-9(6-15)11(18)13(20)12(19)10(17)5-7-1-3-8(16)4-2-7/h1-6,9,11-13,16-20H,14H2/b10-5+/t9-,11+,12?,13-/m0/s1. The Labute approximate surface area is 115 Å². The number of phenolic OH excluding ortho intramolecular Hbond substituents is 1. The molecular weight excluding hydrogens is 266 g/mol. The van der Waals surface area contributed by atoms with Crippen molar-refractivity contribution in [2.24, 2.45) is 5.73 Å². The molecule has 7 N–H and O–H groups in total. The molecule has 4 atom stereocenters. The maximum absolute atomic E-state index is 10.4. The monoisotopic (exact) mass is 283 g/mol. The van der Waals surface area contributed by atoms with Crippen LogP contribution in [0.1, 0.15) is 5.56 Å². The lowest BCUT2D eigenvalue weighted by molar-refractivity contribution is -0.116. The number of nitrogens with two attached hydrogens (primary N) is 1. The summed E-state index contributed by atoms with van der Waals surface area (Å²) in [4.78, 5) is 10.4. The topological polar surface area (TPSA) is 144 Å². The van der Waals surface area contributed by atoms with Crippen molar-refractivity contribution >= 4 is 12.4 Å². The Morgan fingerprint density at radius 3 is 2.15 bits per heavy atom. The number of carbonyl (C=O) groups excluding carboxylic acids is 1. The number of aliphatic hydroxyl groups is 4. The predicted molar refractivity (Wildman–Crippen MR) is 70.8 cm³/mol. The Hall–Kier alpha value is -1.93. The van der Waals surface area contributed by atoms with E-state index < -0.39 is 30.1 Å². The maximum atomic E-state index is 10.4. The second kappa shape index (κ2) is 7.01. The largest absolute Gasteiger partial charge is 0.509 e. The smallest absolute Gasteiger partial charge is 0.139 e. The van der Waals surface area contributed by atoms with E-state index in [0.717, 1.165) is 6.08 Å². The van der Waals surface area contributed by atoms with Crippen molar-refractivity contribution in [3.8, 4) is 5.75 Å². The van der Waals surface area contributed by atoms with E-state index in [1.54, 1.807) is 0 Å². The summed E-state index contributed by atoms with van der Waals surface area (Å²) in [6.45, 7) is 0. The molecule has 110 valence electrons. The van der Waals surface area contributed by atoms with Gasteiger partial charge in [-0.05, 0) is 23.8 Å². The summed E-state index contributed by atoms with van der Waals surface area (Å²) < 4.78 is 0. The Kier molecular flexibility index (Phi) is 5.66. The van der Waals surface area contributed by atoms with Crippen LogP contribution in [0, 0.1) is 0 Å². The summed E-state index contributed by atoms with van der Waals surface area (Å²) in [6, 6.07) is 4.32. The molecule has 1 rings (SSSR count). The van der Waals surface area contributed by atoms with Crippen LogP contribution in [0.25, 0.3) is 6.08 Å². The number of rotatable bonds is 6. The van der Waals surface area contributed by atoms with Gasteiger partial charge in [0.05, 0.1) is 6.04 Å². The summed E-state index contributed by atoms with van der Waals surface area (Å²) in [5.41, 5.74) is 5.67. The second-order valence-corrected chi connectivity index (χ2v) is 4.30. The number of aldehydes is 1. The summed E-state index contributed by atoms with van der Waals surface area (Å²) >= 11 is 0. The van der Waals surface area contributed by atoms with Gasteiger partial charge in [0, 0.05) is 0 Å². The molecule has 0 fully saturated rings. The number of aromatic hydroxyl groups is 1. The number of aliphatic hydroxyl groups excluding tert-OH is 4. The number of phenols is 1.